The third-order valence-electron chi connectivity index (χ3n) is 6.85. The van der Waals surface area contributed by atoms with Crippen molar-refractivity contribution in [2.24, 2.45) is 5.92 Å². The lowest BCUT2D eigenvalue weighted by atomic mass is 10.1. The number of β-amino-alcohol motifs (C(OH)–C–C–N with tert-alkyl or cyclic N) is 1. The van der Waals surface area contributed by atoms with Crippen molar-refractivity contribution in [3.05, 3.63) is 72.4 Å². The Morgan fingerprint density at radius 3 is 2.68 bits per heavy atom. The number of aliphatic hydroxyl groups is 1. The fourth-order valence-electron chi connectivity index (χ4n) is 5.22. The van der Waals surface area contributed by atoms with Crippen molar-refractivity contribution in [2.45, 2.75) is 12.6 Å². The average Bonchev–Trinajstić information content (AvgIpc) is 3.52. The Labute approximate surface area is 197 Å². The lowest BCUT2D eigenvalue weighted by Crippen LogP contribution is -2.29. The van der Waals surface area contributed by atoms with E-state index in [-0.39, 0.29) is 17.8 Å². The second kappa shape index (κ2) is 8.07. The van der Waals surface area contributed by atoms with Crippen LogP contribution in [0.5, 0.6) is 0 Å². The van der Waals surface area contributed by atoms with Crippen LogP contribution in [-0.4, -0.2) is 69.2 Å². The molecular formula is C26H27FN6O. The molecule has 4 aromatic rings. The second-order valence-corrected chi connectivity index (χ2v) is 9.55. The summed E-state index contributed by atoms with van der Waals surface area (Å²) in [6.45, 7) is 3.00. The third-order valence-corrected chi connectivity index (χ3v) is 6.85. The van der Waals surface area contributed by atoms with Gasteiger partial charge in [0.1, 0.15) is 12.1 Å². The molecule has 0 unspecified atom stereocenters. The van der Waals surface area contributed by atoms with Gasteiger partial charge in [0.25, 0.3) is 0 Å². The maximum atomic E-state index is 13.4. The highest BCUT2D eigenvalue weighted by Crippen LogP contribution is 2.35. The van der Waals surface area contributed by atoms with Crippen LogP contribution in [0.4, 0.5) is 10.1 Å². The summed E-state index contributed by atoms with van der Waals surface area (Å²) in [6.07, 6.45) is 3.34. The Morgan fingerprint density at radius 1 is 1.06 bits per heavy atom. The Hall–Kier alpha value is -3.49. The summed E-state index contributed by atoms with van der Waals surface area (Å²) >= 11 is 0. The predicted octanol–water partition coefficient (Wildman–Crippen LogP) is 3.26. The molecule has 1 N–H and O–H groups in total. The fourth-order valence-corrected chi connectivity index (χ4v) is 5.22. The van der Waals surface area contributed by atoms with Gasteiger partial charge in [-0.25, -0.2) is 14.1 Å². The van der Waals surface area contributed by atoms with E-state index in [1.165, 1.54) is 12.1 Å². The molecule has 1 fully saturated rings. The Morgan fingerprint density at radius 2 is 1.88 bits per heavy atom. The van der Waals surface area contributed by atoms with E-state index >= 15 is 0 Å². The number of hydrogen-bond donors (Lipinski definition) is 1. The zero-order valence-corrected chi connectivity index (χ0v) is 19.3. The summed E-state index contributed by atoms with van der Waals surface area (Å²) in [6, 6.07) is 15.1. The fraction of sp³-hybridized carbons (Fsp3) is 0.308. The molecule has 0 aliphatic carbocycles. The molecule has 4 heterocycles. The largest absolute Gasteiger partial charge is 0.391 e. The number of benzene rings is 2. The van der Waals surface area contributed by atoms with Gasteiger partial charge in [0.15, 0.2) is 5.82 Å². The van der Waals surface area contributed by atoms with Gasteiger partial charge in [0.2, 0.25) is 0 Å². The number of anilines is 1. The highest BCUT2D eigenvalue weighted by Gasteiger charge is 2.32. The van der Waals surface area contributed by atoms with Crippen molar-refractivity contribution in [3.63, 3.8) is 0 Å². The van der Waals surface area contributed by atoms with Gasteiger partial charge in [-0.15, -0.1) is 0 Å². The first-order chi connectivity index (χ1) is 16.5. The molecule has 2 aliphatic heterocycles. The maximum Gasteiger partial charge on any atom is 0.179 e. The lowest BCUT2D eigenvalue weighted by molar-refractivity contribution is 0.130. The van der Waals surface area contributed by atoms with Crippen LogP contribution >= 0.6 is 0 Å². The SMILES string of the molecule is CN(C)C[C@@H]1CN(c2ccc3c(c2)Cn2cc(-c4ccc(F)cc4)cc2-c2ncnn2-3)C[C@H]1O. The molecule has 8 heteroatoms. The molecule has 2 aliphatic rings. The van der Waals surface area contributed by atoms with Gasteiger partial charge in [-0.05, 0) is 61.6 Å². The normalized spacial score (nSPS) is 19.1. The Balaban J connectivity index is 1.37. The minimum atomic E-state index is -0.336. The van der Waals surface area contributed by atoms with Crippen LogP contribution < -0.4 is 4.90 Å². The van der Waals surface area contributed by atoms with E-state index in [0.717, 1.165) is 52.7 Å². The van der Waals surface area contributed by atoms with E-state index in [1.807, 2.05) is 18.8 Å². The van der Waals surface area contributed by atoms with Crippen molar-refractivity contribution in [3.8, 4) is 28.3 Å². The number of hydrogen-bond acceptors (Lipinski definition) is 5. The number of nitrogens with zero attached hydrogens (tertiary/aromatic N) is 6. The molecule has 1 saturated heterocycles. The number of rotatable bonds is 4. The second-order valence-electron chi connectivity index (χ2n) is 9.55. The van der Waals surface area contributed by atoms with Gasteiger partial charge in [0.05, 0.1) is 17.5 Å². The van der Waals surface area contributed by atoms with Gasteiger partial charge < -0.3 is 19.5 Å². The molecule has 6 rings (SSSR count). The van der Waals surface area contributed by atoms with Crippen molar-refractivity contribution >= 4 is 5.69 Å². The lowest BCUT2D eigenvalue weighted by Gasteiger charge is -2.21. The standard InChI is InChI=1S/C26H27FN6O/c1-30(2)11-20-14-31(15-25(20)34)22-7-8-23-19(9-22)13-32-12-18(17-3-5-21(27)6-4-17)10-24(32)26-28-16-29-33(23)26/h3-10,12,16,20,25,34H,11,13-15H2,1-2H3/t20-,25-/m1/s1. The van der Waals surface area contributed by atoms with Crippen LogP contribution in [0.15, 0.2) is 61.1 Å². The molecule has 7 nitrogen and oxygen atoms in total. The molecule has 2 atom stereocenters. The summed E-state index contributed by atoms with van der Waals surface area (Å²) in [5, 5.41) is 15.1. The topological polar surface area (TPSA) is 62.3 Å². The Bertz CT molecular complexity index is 1340. The number of halogens is 1. The van der Waals surface area contributed by atoms with Gasteiger partial charge in [0, 0.05) is 49.5 Å². The Kier molecular flexibility index (Phi) is 5.00. The van der Waals surface area contributed by atoms with E-state index in [9.17, 15) is 9.50 Å². The van der Waals surface area contributed by atoms with Crippen LogP contribution in [0.3, 0.4) is 0 Å². The van der Waals surface area contributed by atoms with Crippen LogP contribution in [0.25, 0.3) is 28.3 Å². The predicted molar refractivity (Wildman–Crippen MR) is 130 cm³/mol. The van der Waals surface area contributed by atoms with Crippen molar-refractivity contribution < 1.29 is 9.50 Å². The van der Waals surface area contributed by atoms with Gasteiger partial charge in [-0.2, -0.15) is 5.10 Å². The number of aromatic nitrogens is 4. The molecule has 0 saturated carbocycles. The first-order valence-corrected chi connectivity index (χ1v) is 11.5. The highest BCUT2D eigenvalue weighted by atomic mass is 19.1. The molecule has 0 radical (unpaired) electrons. The summed E-state index contributed by atoms with van der Waals surface area (Å²) in [5.41, 5.74) is 6.19. The van der Waals surface area contributed by atoms with Crippen LogP contribution in [0.2, 0.25) is 0 Å². The van der Waals surface area contributed by atoms with E-state index in [2.05, 4.69) is 54.9 Å². The van der Waals surface area contributed by atoms with Crippen LogP contribution in [-0.2, 0) is 6.54 Å². The first-order valence-electron chi connectivity index (χ1n) is 11.5. The van der Waals surface area contributed by atoms with Crippen molar-refractivity contribution in [2.75, 3.05) is 38.6 Å². The molecule has 0 bridgehead atoms. The molecule has 0 amide bonds. The average molecular weight is 459 g/mol. The zero-order chi connectivity index (χ0) is 23.4. The maximum absolute atomic E-state index is 13.4. The van der Waals surface area contributed by atoms with Gasteiger partial charge in [-0.1, -0.05) is 12.1 Å². The quantitative estimate of drug-likeness (QED) is 0.448. The van der Waals surface area contributed by atoms with Crippen LogP contribution in [0.1, 0.15) is 5.56 Å². The number of fused-ring (bicyclic) bond motifs is 5. The zero-order valence-electron chi connectivity index (χ0n) is 19.3. The third kappa shape index (κ3) is 3.59. The van der Waals surface area contributed by atoms with E-state index in [4.69, 9.17) is 0 Å². The molecule has 2 aromatic heterocycles. The smallest absolute Gasteiger partial charge is 0.179 e. The minimum Gasteiger partial charge on any atom is -0.391 e. The summed E-state index contributed by atoms with van der Waals surface area (Å²) in [5.74, 6) is 0.762. The van der Waals surface area contributed by atoms with Crippen molar-refractivity contribution in [1.82, 2.24) is 24.2 Å². The molecule has 174 valence electrons. The molecule has 34 heavy (non-hydrogen) atoms. The van der Waals surface area contributed by atoms with E-state index < -0.39 is 0 Å². The van der Waals surface area contributed by atoms with Gasteiger partial charge >= 0.3 is 0 Å². The summed E-state index contributed by atoms with van der Waals surface area (Å²) < 4.78 is 17.5. The molecule has 0 spiro atoms. The summed E-state index contributed by atoms with van der Waals surface area (Å²) in [4.78, 5) is 8.95. The molecule has 2 aromatic carbocycles. The van der Waals surface area contributed by atoms with Gasteiger partial charge in [-0.3, -0.25) is 0 Å². The number of aliphatic hydroxyl groups excluding tert-OH is 1. The van der Waals surface area contributed by atoms with E-state index in [1.54, 1.807) is 18.5 Å². The minimum absolute atomic E-state index is 0.227. The first kappa shape index (κ1) is 21.1. The molecular weight excluding hydrogens is 431 g/mol. The summed E-state index contributed by atoms with van der Waals surface area (Å²) in [7, 11) is 4.09. The highest BCUT2D eigenvalue weighted by molar-refractivity contribution is 5.71. The van der Waals surface area contributed by atoms with Crippen LogP contribution in [0, 0.1) is 11.7 Å². The van der Waals surface area contributed by atoms with E-state index in [0.29, 0.717) is 13.1 Å². The van der Waals surface area contributed by atoms with Crippen molar-refractivity contribution in [1.29, 1.82) is 0 Å². The monoisotopic (exact) mass is 458 g/mol.